The average Bonchev–Trinajstić information content (AvgIpc) is 2.13. The number of nitrogens with one attached hydrogen (secondary N) is 1. The molecule has 1 aromatic heterocycles. The van der Waals surface area contributed by atoms with Gasteiger partial charge in [0.15, 0.2) is 0 Å². The van der Waals surface area contributed by atoms with Gasteiger partial charge >= 0.3 is 0 Å². The van der Waals surface area contributed by atoms with E-state index in [4.69, 9.17) is 0 Å². The maximum Gasteiger partial charge on any atom is 0.0417 e. The Morgan fingerprint density at radius 2 is 2.29 bits per heavy atom. The van der Waals surface area contributed by atoms with Gasteiger partial charge in [0, 0.05) is 24.5 Å². The van der Waals surface area contributed by atoms with Crippen LogP contribution in [0.3, 0.4) is 0 Å². The molecule has 1 heterocycles. The SMILES string of the molecule is Cc1ncccc1CNC1CC(C)C1. The van der Waals surface area contributed by atoms with E-state index in [2.05, 4.69) is 30.2 Å². The molecule has 2 heteroatoms. The summed E-state index contributed by atoms with van der Waals surface area (Å²) in [6, 6.07) is 4.90. The fourth-order valence-corrected chi connectivity index (χ4v) is 2.03. The molecule has 1 aliphatic carbocycles. The van der Waals surface area contributed by atoms with E-state index in [9.17, 15) is 0 Å². The second-order valence-corrected chi connectivity index (χ2v) is 4.40. The number of aryl methyl sites for hydroxylation is 1. The van der Waals surface area contributed by atoms with Crippen LogP contribution < -0.4 is 5.32 Å². The van der Waals surface area contributed by atoms with Gasteiger partial charge in [0.25, 0.3) is 0 Å². The smallest absolute Gasteiger partial charge is 0.0417 e. The minimum absolute atomic E-state index is 0.740. The third-order valence-electron chi connectivity index (χ3n) is 3.07. The molecule has 0 bridgehead atoms. The highest BCUT2D eigenvalue weighted by Crippen LogP contribution is 2.26. The van der Waals surface area contributed by atoms with Crippen LogP contribution in [0, 0.1) is 12.8 Å². The van der Waals surface area contributed by atoms with Crippen molar-refractivity contribution in [3.63, 3.8) is 0 Å². The minimum atomic E-state index is 0.740. The normalized spacial score (nSPS) is 25.9. The number of hydrogen-bond acceptors (Lipinski definition) is 2. The molecule has 1 saturated carbocycles. The Kier molecular flexibility index (Phi) is 2.82. The molecule has 1 N–H and O–H groups in total. The number of aromatic nitrogens is 1. The standard InChI is InChI=1S/C12H18N2/c1-9-6-12(7-9)14-8-11-4-3-5-13-10(11)2/h3-5,9,12,14H,6-8H2,1-2H3. The van der Waals surface area contributed by atoms with E-state index in [-0.39, 0.29) is 0 Å². The van der Waals surface area contributed by atoms with Gasteiger partial charge in [-0.1, -0.05) is 13.0 Å². The van der Waals surface area contributed by atoms with Gasteiger partial charge in [-0.15, -0.1) is 0 Å². The van der Waals surface area contributed by atoms with Crippen LogP contribution in [-0.2, 0) is 6.54 Å². The molecule has 0 spiro atoms. The summed E-state index contributed by atoms with van der Waals surface area (Å²) in [5.41, 5.74) is 2.47. The third-order valence-corrected chi connectivity index (χ3v) is 3.07. The molecule has 0 saturated heterocycles. The first-order valence-corrected chi connectivity index (χ1v) is 5.39. The van der Waals surface area contributed by atoms with Gasteiger partial charge < -0.3 is 5.32 Å². The van der Waals surface area contributed by atoms with E-state index in [0.29, 0.717) is 0 Å². The van der Waals surface area contributed by atoms with Crippen molar-refractivity contribution in [1.29, 1.82) is 0 Å². The zero-order chi connectivity index (χ0) is 9.97. The van der Waals surface area contributed by atoms with Gasteiger partial charge in [0.05, 0.1) is 0 Å². The number of pyridine rings is 1. The van der Waals surface area contributed by atoms with Gasteiger partial charge in [0.2, 0.25) is 0 Å². The van der Waals surface area contributed by atoms with E-state index in [1.165, 1.54) is 18.4 Å². The summed E-state index contributed by atoms with van der Waals surface area (Å²) in [4.78, 5) is 4.28. The predicted octanol–water partition coefficient (Wildman–Crippen LogP) is 2.28. The highest BCUT2D eigenvalue weighted by Gasteiger charge is 2.24. The molecule has 2 rings (SSSR count). The molecule has 2 nitrogen and oxygen atoms in total. The molecule has 0 amide bonds. The lowest BCUT2D eigenvalue weighted by Crippen LogP contribution is -2.39. The highest BCUT2D eigenvalue weighted by atomic mass is 14.9. The molecule has 0 atom stereocenters. The Morgan fingerprint density at radius 1 is 1.50 bits per heavy atom. The largest absolute Gasteiger partial charge is 0.310 e. The van der Waals surface area contributed by atoms with Crippen molar-refractivity contribution >= 4 is 0 Å². The van der Waals surface area contributed by atoms with E-state index in [1.807, 2.05) is 12.3 Å². The Balaban J connectivity index is 1.83. The molecular formula is C12H18N2. The zero-order valence-corrected chi connectivity index (χ0v) is 8.96. The molecule has 14 heavy (non-hydrogen) atoms. The molecule has 1 aromatic rings. The fourth-order valence-electron chi connectivity index (χ4n) is 2.03. The van der Waals surface area contributed by atoms with E-state index in [1.54, 1.807) is 0 Å². The van der Waals surface area contributed by atoms with E-state index < -0.39 is 0 Å². The highest BCUT2D eigenvalue weighted by molar-refractivity contribution is 5.18. The molecule has 0 aliphatic heterocycles. The van der Waals surface area contributed by atoms with Crippen LogP contribution in [0.15, 0.2) is 18.3 Å². The lowest BCUT2D eigenvalue weighted by molar-refractivity contribution is 0.240. The first kappa shape index (κ1) is 9.66. The van der Waals surface area contributed by atoms with E-state index >= 15 is 0 Å². The molecule has 76 valence electrons. The summed E-state index contributed by atoms with van der Waals surface area (Å²) >= 11 is 0. The van der Waals surface area contributed by atoms with Crippen LogP contribution >= 0.6 is 0 Å². The minimum Gasteiger partial charge on any atom is -0.310 e. The topological polar surface area (TPSA) is 24.9 Å². The molecule has 1 aliphatic rings. The number of rotatable bonds is 3. The maximum absolute atomic E-state index is 4.28. The van der Waals surface area contributed by atoms with Crippen molar-refractivity contribution in [3.8, 4) is 0 Å². The van der Waals surface area contributed by atoms with E-state index in [0.717, 1.165) is 24.2 Å². The molecule has 0 aromatic carbocycles. The molecular weight excluding hydrogens is 172 g/mol. The summed E-state index contributed by atoms with van der Waals surface area (Å²) in [5.74, 6) is 0.919. The van der Waals surface area contributed by atoms with Gasteiger partial charge in [-0.3, -0.25) is 4.98 Å². The number of hydrogen-bond donors (Lipinski definition) is 1. The van der Waals surface area contributed by atoms with Crippen molar-refractivity contribution in [2.75, 3.05) is 0 Å². The summed E-state index contributed by atoms with van der Waals surface area (Å²) < 4.78 is 0. The van der Waals surface area contributed by atoms with Crippen molar-refractivity contribution < 1.29 is 0 Å². The van der Waals surface area contributed by atoms with Gasteiger partial charge in [-0.2, -0.15) is 0 Å². The quantitative estimate of drug-likeness (QED) is 0.791. The summed E-state index contributed by atoms with van der Waals surface area (Å²) in [6.45, 7) is 5.35. The maximum atomic E-state index is 4.28. The van der Waals surface area contributed by atoms with Crippen LogP contribution in [0.2, 0.25) is 0 Å². The summed E-state index contributed by atoms with van der Waals surface area (Å²) in [5, 5.41) is 3.57. The van der Waals surface area contributed by atoms with Gasteiger partial charge in [-0.05, 0) is 37.3 Å². The van der Waals surface area contributed by atoms with Crippen LogP contribution in [0.1, 0.15) is 31.0 Å². The first-order valence-electron chi connectivity index (χ1n) is 5.39. The second kappa shape index (κ2) is 4.09. The van der Waals surface area contributed by atoms with Crippen molar-refractivity contribution in [2.24, 2.45) is 5.92 Å². The van der Waals surface area contributed by atoms with Gasteiger partial charge in [-0.25, -0.2) is 0 Å². The van der Waals surface area contributed by atoms with Crippen LogP contribution in [0.5, 0.6) is 0 Å². The summed E-state index contributed by atoms with van der Waals surface area (Å²) in [7, 11) is 0. The number of nitrogens with zero attached hydrogens (tertiary/aromatic N) is 1. The second-order valence-electron chi connectivity index (χ2n) is 4.40. The van der Waals surface area contributed by atoms with Crippen molar-refractivity contribution in [1.82, 2.24) is 10.3 Å². The first-order chi connectivity index (χ1) is 6.75. The third kappa shape index (κ3) is 2.13. The zero-order valence-electron chi connectivity index (χ0n) is 8.96. The van der Waals surface area contributed by atoms with Crippen molar-refractivity contribution in [2.45, 2.75) is 39.3 Å². The molecule has 0 radical (unpaired) electrons. The van der Waals surface area contributed by atoms with Gasteiger partial charge in [0.1, 0.15) is 0 Å². The lowest BCUT2D eigenvalue weighted by atomic mass is 9.82. The lowest BCUT2D eigenvalue weighted by Gasteiger charge is -2.33. The Bertz CT molecular complexity index is 303. The Labute approximate surface area is 85.7 Å². The fraction of sp³-hybridized carbons (Fsp3) is 0.583. The average molecular weight is 190 g/mol. The Morgan fingerprint density at radius 3 is 2.93 bits per heavy atom. The Hall–Kier alpha value is -0.890. The van der Waals surface area contributed by atoms with Crippen LogP contribution in [0.4, 0.5) is 0 Å². The summed E-state index contributed by atoms with van der Waals surface area (Å²) in [6.07, 6.45) is 4.52. The van der Waals surface area contributed by atoms with Crippen LogP contribution in [0.25, 0.3) is 0 Å². The monoisotopic (exact) mass is 190 g/mol. The van der Waals surface area contributed by atoms with Crippen molar-refractivity contribution in [3.05, 3.63) is 29.6 Å². The predicted molar refractivity (Wildman–Crippen MR) is 58.0 cm³/mol. The molecule has 0 unspecified atom stereocenters. The molecule has 1 fully saturated rings. The van der Waals surface area contributed by atoms with Crippen LogP contribution in [-0.4, -0.2) is 11.0 Å².